The topological polar surface area (TPSA) is 54.0 Å². The summed E-state index contributed by atoms with van der Waals surface area (Å²) in [5.74, 6) is 1.30. The van der Waals surface area contributed by atoms with Crippen molar-refractivity contribution in [2.24, 2.45) is 0 Å². The van der Waals surface area contributed by atoms with E-state index in [1.807, 2.05) is 48.5 Å². The number of carbonyl (C=O) groups is 1. The zero-order valence-corrected chi connectivity index (χ0v) is 17.0. The molecule has 0 aliphatic heterocycles. The standard InChI is InChI=1S/C21H23BrO5/c1-16(23)26-12-4-3-11-25-15-18-13-20(9-10-21(18)22)27-14-17-5-7-19(24-2)8-6-17/h3-10,13H,11-12,14-15H2,1-2H3. The molecule has 0 unspecified atom stereocenters. The Kier molecular flexibility index (Phi) is 8.87. The lowest BCUT2D eigenvalue weighted by Gasteiger charge is -2.10. The van der Waals surface area contributed by atoms with Crippen LogP contribution in [0.1, 0.15) is 18.1 Å². The monoisotopic (exact) mass is 434 g/mol. The van der Waals surface area contributed by atoms with Crippen molar-refractivity contribution >= 4 is 21.9 Å². The molecule has 0 aliphatic carbocycles. The summed E-state index contributed by atoms with van der Waals surface area (Å²) >= 11 is 3.53. The fraction of sp³-hybridized carbons (Fsp3) is 0.286. The van der Waals surface area contributed by atoms with Gasteiger partial charge in [0.25, 0.3) is 0 Å². The van der Waals surface area contributed by atoms with E-state index < -0.39 is 0 Å². The molecule has 0 heterocycles. The second-order valence-corrected chi connectivity index (χ2v) is 6.53. The molecular formula is C21H23BrO5. The Balaban J connectivity index is 1.81. The first-order valence-corrected chi connectivity index (χ1v) is 9.28. The number of rotatable bonds is 10. The lowest BCUT2D eigenvalue weighted by atomic mass is 10.2. The lowest BCUT2D eigenvalue weighted by Crippen LogP contribution is -1.99. The van der Waals surface area contributed by atoms with Crippen molar-refractivity contribution in [1.29, 1.82) is 0 Å². The Hall–Kier alpha value is -2.31. The van der Waals surface area contributed by atoms with Crippen LogP contribution in [0.15, 0.2) is 59.1 Å². The van der Waals surface area contributed by atoms with Gasteiger partial charge >= 0.3 is 5.97 Å². The van der Waals surface area contributed by atoms with Gasteiger partial charge in [-0.15, -0.1) is 0 Å². The zero-order chi connectivity index (χ0) is 19.5. The third-order valence-electron chi connectivity index (χ3n) is 3.60. The van der Waals surface area contributed by atoms with Crippen LogP contribution in [-0.2, 0) is 27.5 Å². The van der Waals surface area contributed by atoms with Gasteiger partial charge in [-0.1, -0.05) is 34.1 Å². The van der Waals surface area contributed by atoms with Crippen LogP contribution < -0.4 is 9.47 Å². The van der Waals surface area contributed by atoms with E-state index in [0.717, 1.165) is 27.1 Å². The Bertz CT molecular complexity index is 756. The predicted molar refractivity (Wildman–Crippen MR) is 107 cm³/mol. The van der Waals surface area contributed by atoms with E-state index in [2.05, 4.69) is 15.9 Å². The van der Waals surface area contributed by atoms with Crippen LogP contribution in [0.5, 0.6) is 11.5 Å². The summed E-state index contributed by atoms with van der Waals surface area (Å²) in [5.41, 5.74) is 2.06. The van der Waals surface area contributed by atoms with Crippen molar-refractivity contribution in [2.75, 3.05) is 20.3 Å². The first-order chi connectivity index (χ1) is 13.1. The number of hydrogen-bond donors (Lipinski definition) is 0. The molecule has 0 N–H and O–H groups in total. The van der Waals surface area contributed by atoms with Crippen molar-refractivity contribution < 1.29 is 23.7 Å². The summed E-state index contributed by atoms with van der Waals surface area (Å²) in [5, 5.41) is 0. The van der Waals surface area contributed by atoms with Crippen molar-refractivity contribution in [3.63, 3.8) is 0 Å². The lowest BCUT2D eigenvalue weighted by molar-refractivity contribution is -0.139. The van der Waals surface area contributed by atoms with Gasteiger partial charge in [-0.25, -0.2) is 0 Å². The van der Waals surface area contributed by atoms with E-state index in [4.69, 9.17) is 18.9 Å². The van der Waals surface area contributed by atoms with Crippen LogP contribution >= 0.6 is 15.9 Å². The van der Waals surface area contributed by atoms with Crippen LogP contribution in [0.4, 0.5) is 0 Å². The minimum atomic E-state index is -0.295. The van der Waals surface area contributed by atoms with Crippen molar-refractivity contribution in [3.8, 4) is 11.5 Å². The Morgan fingerprint density at radius 3 is 2.41 bits per heavy atom. The summed E-state index contributed by atoms with van der Waals surface area (Å²) in [4.78, 5) is 10.6. The van der Waals surface area contributed by atoms with Crippen LogP contribution in [-0.4, -0.2) is 26.3 Å². The first kappa shape index (κ1) is 21.0. The molecule has 0 aliphatic rings. The van der Waals surface area contributed by atoms with Crippen LogP contribution in [0.3, 0.4) is 0 Å². The first-order valence-electron chi connectivity index (χ1n) is 8.48. The smallest absolute Gasteiger partial charge is 0.302 e. The van der Waals surface area contributed by atoms with Gasteiger partial charge < -0.3 is 18.9 Å². The van der Waals surface area contributed by atoms with Gasteiger partial charge in [0.1, 0.15) is 24.7 Å². The number of esters is 1. The molecule has 144 valence electrons. The molecule has 0 atom stereocenters. The number of methoxy groups -OCH3 is 1. The summed E-state index contributed by atoms with van der Waals surface area (Å²) < 4.78 is 22.4. The van der Waals surface area contributed by atoms with E-state index in [1.165, 1.54) is 6.92 Å². The molecule has 0 saturated heterocycles. The maximum atomic E-state index is 10.6. The predicted octanol–water partition coefficient (Wildman–Crippen LogP) is 4.67. The normalized spacial score (nSPS) is 10.8. The second-order valence-electron chi connectivity index (χ2n) is 5.68. The Morgan fingerprint density at radius 2 is 1.70 bits per heavy atom. The summed E-state index contributed by atoms with van der Waals surface area (Å²) in [6, 6.07) is 13.6. The number of benzene rings is 2. The van der Waals surface area contributed by atoms with Crippen molar-refractivity contribution in [2.45, 2.75) is 20.1 Å². The highest BCUT2D eigenvalue weighted by Gasteiger charge is 2.04. The fourth-order valence-electron chi connectivity index (χ4n) is 2.18. The molecule has 0 saturated carbocycles. The van der Waals surface area contributed by atoms with E-state index in [0.29, 0.717) is 19.8 Å². The van der Waals surface area contributed by atoms with Crippen molar-refractivity contribution in [3.05, 3.63) is 70.2 Å². The maximum Gasteiger partial charge on any atom is 0.302 e. The molecule has 2 aromatic carbocycles. The summed E-state index contributed by atoms with van der Waals surface area (Å²) in [7, 11) is 1.65. The molecule has 0 radical (unpaired) electrons. The zero-order valence-electron chi connectivity index (χ0n) is 15.4. The second kappa shape index (κ2) is 11.4. The molecule has 27 heavy (non-hydrogen) atoms. The minimum Gasteiger partial charge on any atom is -0.497 e. The van der Waals surface area contributed by atoms with Gasteiger partial charge in [-0.05, 0) is 47.5 Å². The number of carbonyl (C=O) groups excluding carboxylic acids is 1. The molecule has 5 nitrogen and oxygen atoms in total. The number of ether oxygens (including phenoxy) is 4. The van der Waals surface area contributed by atoms with E-state index in [1.54, 1.807) is 13.2 Å². The van der Waals surface area contributed by atoms with Gasteiger partial charge in [-0.3, -0.25) is 4.79 Å². The van der Waals surface area contributed by atoms with Gasteiger partial charge in [0.2, 0.25) is 0 Å². The molecule has 2 aromatic rings. The SMILES string of the molecule is COc1ccc(COc2ccc(Br)c(COCC=CCOC(C)=O)c2)cc1. The van der Waals surface area contributed by atoms with Crippen LogP contribution in [0, 0.1) is 0 Å². The van der Waals surface area contributed by atoms with E-state index in [-0.39, 0.29) is 12.6 Å². The van der Waals surface area contributed by atoms with E-state index >= 15 is 0 Å². The molecular weight excluding hydrogens is 412 g/mol. The Labute approximate surface area is 168 Å². The number of hydrogen-bond acceptors (Lipinski definition) is 5. The molecule has 0 amide bonds. The third-order valence-corrected chi connectivity index (χ3v) is 4.38. The van der Waals surface area contributed by atoms with Gasteiger partial charge in [0, 0.05) is 11.4 Å². The largest absolute Gasteiger partial charge is 0.497 e. The van der Waals surface area contributed by atoms with Crippen LogP contribution in [0.2, 0.25) is 0 Å². The molecule has 0 aromatic heterocycles. The highest BCUT2D eigenvalue weighted by atomic mass is 79.9. The average Bonchev–Trinajstić information content (AvgIpc) is 2.67. The number of halogens is 1. The van der Waals surface area contributed by atoms with E-state index in [9.17, 15) is 4.79 Å². The molecule has 0 fully saturated rings. The molecule has 2 rings (SSSR count). The summed E-state index contributed by atoms with van der Waals surface area (Å²) in [6.07, 6.45) is 3.58. The van der Waals surface area contributed by atoms with Gasteiger partial charge in [0.05, 0.1) is 20.3 Å². The molecule has 6 heteroatoms. The quantitative estimate of drug-likeness (QED) is 0.308. The van der Waals surface area contributed by atoms with Crippen molar-refractivity contribution in [1.82, 2.24) is 0 Å². The van der Waals surface area contributed by atoms with Gasteiger partial charge in [0.15, 0.2) is 0 Å². The average molecular weight is 435 g/mol. The highest BCUT2D eigenvalue weighted by Crippen LogP contribution is 2.24. The van der Waals surface area contributed by atoms with Gasteiger partial charge in [-0.2, -0.15) is 0 Å². The Morgan fingerprint density at radius 1 is 1.00 bits per heavy atom. The fourth-order valence-corrected chi connectivity index (χ4v) is 2.54. The highest BCUT2D eigenvalue weighted by molar-refractivity contribution is 9.10. The minimum absolute atomic E-state index is 0.261. The molecule has 0 spiro atoms. The maximum absolute atomic E-state index is 10.6. The molecule has 0 bridgehead atoms. The summed E-state index contributed by atoms with van der Waals surface area (Å²) in [6.45, 7) is 3.00. The third kappa shape index (κ3) is 7.85. The van der Waals surface area contributed by atoms with Crippen LogP contribution in [0.25, 0.3) is 0 Å².